The van der Waals surface area contributed by atoms with Crippen LogP contribution in [0.25, 0.3) is 0 Å². The van der Waals surface area contributed by atoms with Crippen LogP contribution in [0.3, 0.4) is 0 Å². The van der Waals surface area contributed by atoms with Gasteiger partial charge in [-0.15, -0.1) is 11.3 Å². The lowest BCUT2D eigenvalue weighted by Crippen LogP contribution is -2.13. The van der Waals surface area contributed by atoms with Gasteiger partial charge in [0.05, 0.1) is 11.3 Å². The average molecular weight is 328 g/mol. The molecule has 0 aliphatic heterocycles. The molecule has 1 heterocycles. The van der Waals surface area contributed by atoms with Crippen LogP contribution in [0.5, 0.6) is 0 Å². The minimum atomic E-state index is -0.893. The van der Waals surface area contributed by atoms with Crippen LogP contribution in [0.15, 0.2) is 18.2 Å². The number of benzene rings is 1. The minimum Gasteiger partial charge on any atom is -0.298 e. The number of nitrogens with one attached hydrogen (secondary N) is 1. The van der Waals surface area contributed by atoms with Crippen molar-refractivity contribution in [3.8, 4) is 0 Å². The van der Waals surface area contributed by atoms with E-state index in [9.17, 15) is 13.6 Å². The summed E-state index contributed by atoms with van der Waals surface area (Å²) in [6, 6.07) is 2.84. The lowest BCUT2D eigenvalue weighted by molar-refractivity contribution is 0.102. The molecule has 112 valence electrons. The van der Waals surface area contributed by atoms with E-state index in [2.05, 4.69) is 22.9 Å². The molecule has 0 aliphatic rings. The monoisotopic (exact) mass is 328 g/mol. The molecule has 0 unspecified atom stereocenters. The number of thiol groups is 1. The molecule has 21 heavy (non-hydrogen) atoms. The van der Waals surface area contributed by atoms with Crippen LogP contribution in [0.2, 0.25) is 0 Å². The second kappa shape index (κ2) is 7.00. The first kappa shape index (κ1) is 15.9. The van der Waals surface area contributed by atoms with Crippen molar-refractivity contribution in [1.29, 1.82) is 0 Å². The lowest BCUT2D eigenvalue weighted by atomic mass is 10.2. The fourth-order valence-corrected chi connectivity index (χ4v) is 2.95. The summed E-state index contributed by atoms with van der Waals surface area (Å²) in [5.41, 5.74) is 0.637. The highest BCUT2D eigenvalue weighted by molar-refractivity contribution is 7.80. The number of hydrogen-bond donors (Lipinski definition) is 2. The highest BCUT2D eigenvalue weighted by Gasteiger charge is 2.15. The van der Waals surface area contributed by atoms with Gasteiger partial charge in [-0.2, -0.15) is 12.6 Å². The summed E-state index contributed by atoms with van der Waals surface area (Å²) < 4.78 is 26.4. The van der Waals surface area contributed by atoms with Crippen LogP contribution in [0, 0.1) is 18.6 Å². The Morgan fingerprint density at radius 2 is 2.19 bits per heavy atom. The maximum atomic E-state index is 13.5. The quantitative estimate of drug-likeness (QED) is 0.819. The topological polar surface area (TPSA) is 42.0 Å². The van der Waals surface area contributed by atoms with Gasteiger partial charge in [-0.25, -0.2) is 13.8 Å². The molecule has 1 aromatic carbocycles. The highest BCUT2D eigenvalue weighted by Crippen LogP contribution is 2.24. The molecule has 0 saturated heterocycles. The van der Waals surface area contributed by atoms with Crippen LogP contribution < -0.4 is 5.32 Å². The number of carbonyl (C=O) groups is 1. The number of hydrogen-bond acceptors (Lipinski definition) is 4. The third kappa shape index (κ3) is 4.01. The summed E-state index contributed by atoms with van der Waals surface area (Å²) in [6.07, 6.45) is 1.76. The maximum absolute atomic E-state index is 13.5. The molecule has 1 N–H and O–H groups in total. The Hall–Kier alpha value is -1.47. The van der Waals surface area contributed by atoms with Gasteiger partial charge in [-0.05, 0) is 37.7 Å². The average Bonchev–Trinajstić information content (AvgIpc) is 2.76. The molecule has 0 bridgehead atoms. The SMILES string of the molecule is Cc1nc(NC(=O)c2ccc(F)cc2F)sc1CCCS. The van der Waals surface area contributed by atoms with Gasteiger partial charge in [0.15, 0.2) is 5.13 Å². The normalized spacial score (nSPS) is 10.7. The Morgan fingerprint density at radius 3 is 2.86 bits per heavy atom. The summed E-state index contributed by atoms with van der Waals surface area (Å²) in [6.45, 7) is 1.86. The number of thiazole rings is 1. The molecule has 0 atom stereocenters. The van der Waals surface area contributed by atoms with Crippen molar-refractivity contribution in [2.45, 2.75) is 19.8 Å². The molecule has 2 rings (SSSR count). The van der Waals surface area contributed by atoms with E-state index in [1.165, 1.54) is 11.3 Å². The Kier molecular flexibility index (Phi) is 5.30. The molecule has 7 heteroatoms. The van der Waals surface area contributed by atoms with E-state index in [0.29, 0.717) is 11.2 Å². The number of anilines is 1. The van der Waals surface area contributed by atoms with E-state index >= 15 is 0 Å². The van der Waals surface area contributed by atoms with Gasteiger partial charge in [0.2, 0.25) is 0 Å². The number of carbonyl (C=O) groups excluding carboxylic acids is 1. The number of rotatable bonds is 5. The van der Waals surface area contributed by atoms with E-state index in [1.807, 2.05) is 6.92 Å². The van der Waals surface area contributed by atoms with Crippen LogP contribution in [-0.4, -0.2) is 16.6 Å². The summed E-state index contributed by atoms with van der Waals surface area (Å²) in [4.78, 5) is 17.3. The molecule has 1 amide bonds. The second-order valence-corrected chi connectivity index (χ2v) is 5.96. The Morgan fingerprint density at radius 1 is 1.43 bits per heavy atom. The molecule has 0 spiro atoms. The molecule has 0 radical (unpaired) electrons. The van der Waals surface area contributed by atoms with Crippen LogP contribution in [0.4, 0.5) is 13.9 Å². The standard InChI is InChI=1S/C14H14F2N2OS2/c1-8-12(3-2-6-20)21-14(17-8)18-13(19)10-5-4-9(15)7-11(10)16/h4-5,7,20H,2-3,6H2,1H3,(H,17,18,19). The van der Waals surface area contributed by atoms with Crippen LogP contribution in [-0.2, 0) is 6.42 Å². The highest BCUT2D eigenvalue weighted by atomic mass is 32.1. The lowest BCUT2D eigenvalue weighted by Gasteiger charge is -2.02. The first-order chi connectivity index (χ1) is 10.0. The van der Waals surface area contributed by atoms with Gasteiger partial charge in [-0.1, -0.05) is 0 Å². The van der Waals surface area contributed by atoms with Gasteiger partial charge in [0, 0.05) is 10.9 Å². The molecule has 2 aromatic rings. The van der Waals surface area contributed by atoms with Crippen molar-refractivity contribution in [1.82, 2.24) is 4.98 Å². The van der Waals surface area contributed by atoms with E-state index in [-0.39, 0.29) is 5.56 Å². The van der Waals surface area contributed by atoms with Gasteiger partial charge in [0.25, 0.3) is 5.91 Å². The zero-order valence-corrected chi connectivity index (χ0v) is 13.0. The van der Waals surface area contributed by atoms with Crippen molar-refractivity contribution in [3.63, 3.8) is 0 Å². The van der Waals surface area contributed by atoms with Crippen molar-refractivity contribution < 1.29 is 13.6 Å². The van der Waals surface area contributed by atoms with Crippen LogP contribution in [0.1, 0.15) is 27.3 Å². The minimum absolute atomic E-state index is 0.207. The second-order valence-electron chi connectivity index (χ2n) is 4.43. The van der Waals surface area contributed by atoms with Crippen molar-refractivity contribution >= 4 is 35.0 Å². The molecule has 0 aliphatic carbocycles. The van der Waals surface area contributed by atoms with Gasteiger partial charge in [0.1, 0.15) is 11.6 Å². The maximum Gasteiger partial charge on any atom is 0.260 e. The van der Waals surface area contributed by atoms with E-state index in [4.69, 9.17) is 0 Å². The van der Waals surface area contributed by atoms with Crippen molar-refractivity contribution in [2.24, 2.45) is 0 Å². The zero-order chi connectivity index (χ0) is 15.4. The zero-order valence-electron chi connectivity index (χ0n) is 11.3. The van der Waals surface area contributed by atoms with Gasteiger partial charge < -0.3 is 0 Å². The summed E-state index contributed by atoms with van der Waals surface area (Å²) in [5, 5.41) is 2.96. The van der Waals surface area contributed by atoms with Gasteiger partial charge >= 0.3 is 0 Å². The van der Waals surface area contributed by atoms with Crippen molar-refractivity contribution in [2.75, 3.05) is 11.1 Å². The van der Waals surface area contributed by atoms with Crippen molar-refractivity contribution in [3.05, 3.63) is 46.0 Å². The molecule has 3 nitrogen and oxygen atoms in total. The fourth-order valence-electron chi connectivity index (χ4n) is 1.79. The fraction of sp³-hybridized carbons (Fsp3) is 0.286. The molecular weight excluding hydrogens is 314 g/mol. The predicted molar refractivity (Wildman–Crippen MR) is 83.3 cm³/mol. The number of amides is 1. The molecule has 1 aromatic heterocycles. The molecule has 0 saturated carbocycles. The van der Waals surface area contributed by atoms with E-state index in [1.54, 1.807) is 0 Å². The number of aryl methyl sites for hydroxylation is 2. The summed E-state index contributed by atoms with van der Waals surface area (Å²) in [5.74, 6) is -1.47. The summed E-state index contributed by atoms with van der Waals surface area (Å²) in [7, 11) is 0. The van der Waals surface area contributed by atoms with E-state index < -0.39 is 17.5 Å². The first-order valence-corrected chi connectivity index (χ1v) is 7.79. The van der Waals surface area contributed by atoms with Crippen LogP contribution >= 0.6 is 24.0 Å². The third-order valence-electron chi connectivity index (χ3n) is 2.85. The Labute approximate surface area is 130 Å². The molecular formula is C14H14F2N2OS2. The number of aromatic nitrogens is 1. The third-order valence-corrected chi connectivity index (χ3v) is 4.30. The first-order valence-electron chi connectivity index (χ1n) is 6.35. The largest absolute Gasteiger partial charge is 0.298 e. The predicted octanol–water partition coefficient (Wildman–Crippen LogP) is 3.84. The summed E-state index contributed by atoms with van der Waals surface area (Å²) >= 11 is 5.51. The Bertz CT molecular complexity index is 658. The van der Waals surface area contributed by atoms with E-state index in [0.717, 1.165) is 41.3 Å². The number of nitrogens with zero attached hydrogens (tertiary/aromatic N) is 1. The number of halogens is 2. The molecule has 0 fully saturated rings. The van der Waals surface area contributed by atoms with Gasteiger partial charge in [-0.3, -0.25) is 10.1 Å². The smallest absolute Gasteiger partial charge is 0.260 e. The Balaban J connectivity index is 2.12.